The van der Waals surface area contributed by atoms with Gasteiger partial charge in [-0.3, -0.25) is 9.59 Å². The van der Waals surface area contributed by atoms with Crippen LogP contribution in [0.2, 0.25) is 0 Å². The summed E-state index contributed by atoms with van der Waals surface area (Å²) in [6, 6.07) is 9.24. The fourth-order valence-electron chi connectivity index (χ4n) is 2.24. The molecule has 0 spiro atoms. The van der Waals surface area contributed by atoms with E-state index in [2.05, 4.69) is 10.6 Å². The molecule has 0 radical (unpaired) electrons. The molecule has 24 heavy (non-hydrogen) atoms. The lowest BCUT2D eigenvalue weighted by Gasteiger charge is -2.12. The zero-order valence-electron chi connectivity index (χ0n) is 13.3. The van der Waals surface area contributed by atoms with E-state index in [-0.39, 0.29) is 18.9 Å². The van der Waals surface area contributed by atoms with Gasteiger partial charge in [-0.1, -0.05) is 12.1 Å². The quantitative estimate of drug-likeness (QED) is 0.690. The highest BCUT2D eigenvalue weighted by Gasteiger charge is 2.15. The molecule has 1 aromatic carbocycles. The monoisotopic (exact) mass is 333 g/mol. The Morgan fingerprint density at radius 2 is 1.83 bits per heavy atom. The second-order valence-corrected chi connectivity index (χ2v) is 5.41. The molecule has 2 amide bonds. The maximum absolute atomic E-state index is 12.8. The van der Waals surface area contributed by atoms with Gasteiger partial charge in [0, 0.05) is 32.0 Å². The van der Waals surface area contributed by atoms with E-state index in [1.54, 1.807) is 10.6 Å². The lowest BCUT2D eigenvalue weighted by molar-refractivity contribution is -0.139. The molecule has 2 aromatic rings. The smallest absolute Gasteiger partial charge is 0.309 e. The minimum atomic E-state index is -0.771. The molecule has 1 unspecified atom stereocenters. The summed E-state index contributed by atoms with van der Waals surface area (Å²) in [5, 5.41) is 14.9. The standard InChI is InChI=1S/C17H20FN3O3/c1-21-10-2-3-14(21)15(22)8-9-19-16(23)17(24)20-11-12-4-6-13(18)7-5-12/h2-7,10,15,22H,8-9,11H2,1H3,(H,19,23)(H,20,24). The molecule has 7 heteroatoms. The van der Waals surface area contributed by atoms with Gasteiger partial charge < -0.3 is 20.3 Å². The van der Waals surface area contributed by atoms with E-state index in [0.29, 0.717) is 12.0 Å². The van der Waals surface area contributed by atoms with E-state index >= 15 is 0 Å². The summed E-state index contributed by atoms with van der Waals surface area (Å²) >= 11 is 0. The molecule has 0 saturated heterocycles. The van der Waals surface area contributed by atoms with Crippen LogP contribution in [0.5, 0.6) is 0 Å². The van der Waals surface area contributed by atoms with Crippen molar-refractivity contribution in [1.29, 1.82) is 0 Å². The van der Waals surface area contributed by atoms with Gasteiger partial charge in [-0.05, 0) is 36.2 Å². The molecule has 0 aliphatic carbocycles. The first kappa shape index (κ1) is 17.7. The summed E-state index contributed by atoms with van der Waals surface area (Å²) in [5.74, 6) is -1.90. The number of benzene rings is 1. The molecule has 0 aliphatic heterocycles. The zero-order valence-corrected chi connectivity index (χ0v) is 13.3. The molecule has 128 valence electrons. The Morgan fingerprint density at radius 1 is 1.17 bits per heavy atom. The number of amides is 2. The Morgan fingerprint density at radius 3 is 2.46 bits per heavy atom. The topological polar surface area (TPSA) is 83.4 Å². The van der Waals surface area contributed by atoms with E-state index in [9.17, 15) is 19.1 Å². The van der Waals surface area contributed by atoms with Crippen LogP contribution in [0.4, 0.5) is 4.39 Å². The third-order valence-corrected chi connectivity index (χ3v) is 3.60. The van der Waals surface area contributed by atoms with Gasteiger partial charge in [-0.25, -0.2) is 4.39 Å². The summed E-state index contributed by atoms with van der Waals surface area (Å²) in [6.07, 6.45) is 1.40. The first-order valence-electron chi connectivity index (χ1n) is 7.57. The molecule has 1 aromatic heterocycles. The third-order valence-electron chi connectivity index (χ3n) is 3.60. The van der Waals surface area contributed by atoms with Crippen LogP contribution in [0.3, 0.4) is 0 Å². The number of nitrogens with zero attached hydrogens (tertiary/aromatic N) is 1. The van der Waals surface area contributed by atoms with Gasteiger partial charge in [0.05, 0.1) is 6.10 Å². The van der Waals surface area contributed by atoms with E-state index in [0.717, 1.165) is 5.69 Å². The van der Waals surface area contributed by atoms with Crippen LogP contribution in [0, 0.1) is 5.82 Å². The lowest BCUT2D eigenvalue weighted by Crippen LogP contribution is -2.40. The summed E-state index contributed by atoms with van der Waals surface area (Å²) in [5.41, 5.74) is 1.43. The minimum Gasteiger partial charge on any atom is -0.387 e. The van der Waals surface area contributed by atoms with Gasteiger partial charge in [0.15, 0.2) is 0 Å². The molecule has 0 aliphatic rings. The number of aliphatic hydroxyl groups excluding tert-OH is 1. The number of hydrogen-bond donors (Lipinski definition) is 3. The van der Waals surface area contributed by atoms with E-state index in [1.807, 2.05) is 19.3 Å². The summed E-state index contributed by atoms with van der Waals surface area (Å²) in [4.78, 5) is 23.4. The molecule has 1 heterocycles. The molecule has 0 bridgehead atoms. The minimum absolute atomic E-state index is 0.137. The molecule has 6 nitrogen and oxygen atoms in total. The van der Waals surface area contributed by atoms with Gasteiger partial charge >= 0.3 is 11.8 Å². The van der Waals surface area contributed by atoms with Gasteiger partial charge in [0.1, 0.15) is 5.82 Å². The second kappa shape index (κ2) is 8.26. The number of aromatic nitrogens is 1. The highest BCUT2D eigenvalue weighted by molar-refractivity contribution is 6.35. The Kier molecular flexibility index (Phi) is 6.08. The third kappa shape index (κ3) is 4.92. The first-order valence-corrected chi connectivity index (χ1v) is 7.57. The van der Waals surface area contributed by atoms with Crippen LogP contribution in [-0.4, -0.2) is 28.0 Å². The summed E-state index contributed by atoms with van der Waals surface area (Å²) in [7, 11) is 1.82. The van der Waals surface area contributed by atoms with Crippen molar-refractivity contribution in [3.05, 3.63) is 59.7 Å². The highest BCUT2D eigenvalue weighted by atomic mass is 19.1. The fourth-order valence-corrected chi connectivity index (χ4v) is 2.24. The van der Waals surface area contributed by atoms with Crippen molar-refractivity contribution in [2.75, 3.05) is 6.54 Å². The predicted octanol–water partition coefficient (Wildman–Crippen LogP) is 1.02. The van der Waals surface area contributed by atoms with E-state index in [4.69, 9.17) is 0 Å². The van der Waals surface area contributed by atoms with Gasteiger partial charge in [0.2, 0.25) is 0 Å². The van der Waals surface area contributed by atoms with Crippen molar-refractivity contribution in [3.8, 4) is 0 Å². The maximum Gasteiger partial charge on any atom is 0.309 e. The normalized spacial score (nSPS) is 11.8. The van der Waals surface area contributed by atoms with E-state index < -0.39 is 17.9 Å². The number of rotatable bonds is 6. The van der Waals surface area contributed by atoms with Crippen molar-refractivity contribution in [2.24, 2.45) is 7.05 Å². The Bertz CT molecular complexity index is 697. The van der Waals surface area contributed by atoms with Gasteiger partial charge in [0.25, 0.3) is 0 Å². The second-order valence-electron chi connectivity index (χ2n) is 5.41. The van der Waals surface area contributed by atoms with Gasteiger partial charge in [-0.2, -0.15) is 0 Å². The van der Waals surface area contributed by atoms with Crippen molar-refractivity contribution in [2.45, 2.75) is 19.1 Å². The molecule has 2 rings (SSSR count). The lowest BCUT2D eigenvalue weighted by atomic mass is 10.2. The predicted molar refractivity (Wildman–Crippen MR) is 86.2 cm³/mol. The molecule has 1 atom stereocenters. The van der Waals surface area contributed by atoms with Gasteiger partial charge in [-0.15, -0.1) is 0 Å². The SMILES string of the molecule is Cn1cccc1C(O)CCNC(=O)C(=O)NCc1ccc(F)cc1. The van der Waals surface area contributed by atoms with Crippen LogP contribution < -0.4 is 10.6 Å². The first-order chi connectivity index (χ1) is 11.5. The average Bonchev–Trinajstić information content (AvgIpc) is 3.00. The number of nitrogens with one attached hydrogen (secondary N) is 2. The van der Waals surface area contributed by atoms with Crippen molar-refractivity contribution in [3.63, 3.8) is 0 Å². The van der Waals surface area contributed by atoms with Crippen LogP contribution in [0.15, 0.2) is 42.6 Å². The number of halogens is 1. The molecule has 3 N–H and O–H groups in total. The Labute approximate surface area is 139 Å². The fraction of sp³-hybridized carbons (Fsp3) is 0.294. The molecule has 0 saturated carbocycles. The maximum atomic E-state index is 12.8. The van der Waals surface area contributed by atoms with Crippen LogP contribution in [0.25, 0.3) is 0 Å². The highest BCUT2D eigenvalue weighted by Crippen LogP contribution is 2.15. The Balaban J connectivity index is 1.71. The average molecular weight is 333 g/mol. The Hall–Kier alpha value is -2.67. The largest absolute Gasteiger partial charge is 0.387 e. The number of hydrogen-bond acceptors (Lipinski definition) is 3. The molecule has 0 fully saturated rings. The van der Waals surface area contributed by atoms with Crippen molar-refractivity contribution in [1.82, 2.24) is 15.2 Å². The molecular weight excluding hydrogens is 313 g/mol. The van der Waals surface area contributed by atoms with Crippen molar-refractivity contribution < 1.29 is 19.1 Å². The van der Waals surface area contributed by atoms with Crippen LogP contribution >= 0.6 is 0 Å². The summed E-state index contributed by atoms with van der Waals surface area (Å²) < 4.78 is 14.6. The molecular formula is C17H20FN3O3. The summed E-state index contributed by atoms with van der Waals surface area (Å²) in [6.45, 7) is 0.313. The van der Waals surface area contributed by atoms with Crippen molar-refractivity contribution >= 4 is 11.8 Å². The van der Waals surface area contributed by atoms with E-state index in [1.165, 1.54) is 24.3 Å². The number of aliphatic hydroxyl groups is 1. The number of carbonyl (C=O) groups is 2. The van der Waals surface area contributed by atoms with Crippen LogP contribution in [-0.2, 0) is 23.2 Å². The zero-order chi connectivity index (χ0) is 17.5. The number of carbonyl (C=O) groups excluding carboxylic acids is 2. The van der Waals surface area contributed by atoms with Crippen LogP contribution in [0.1, 0.15) is 23.8 Å². The number of aryl methyl sites for hydroxylation is 1.